The average Bonchev–Trinajstić information content (AvgIpc) is 2.71. The van der Waals surface area contributed by atoms with Gasteiger partial charge in [0.15, 0.2) is 0 Å². The molecule has 1 saturated carbocycles. The molecule has 2 nitrogen and oxygen atoms in total. The van der Waals surface area contributed by atoms with Gasteiger partial charge in [-0.05, 0) is 28.9 Å². The van der Waals surface area contributed by atoms with Crippen LogP contribution in [0.4, 0.5) is 0 Å². The molecule has 0 atom stereocenters. The highest BCUT2D eigenvalue weighted by Gasteiger charge is 2.64. The highest BCUT2D eigenvalue weighted by molar-refractivity contribution is 6.34. The molecule has 0 saturated heterocycles. The fourth-order valence-electron chi connectivity index (χ4n) is 3.61. The lowest BCUT2D eigenvalue weighted by Gasteiger charge is -2.10. The van der Waals surface area contributed by atoms with Gasteiger partial charge in [-0.15, -0.1) is 11.6 Å². The van der Waals surface area contributed by atoms with Crippen LogP contribution in [-0.2, 0) is 13.0 Å². The van der Waals surface area contributed by atoms with Crippen molar-refractivity contribution in [2.45, 2.75) is 40.7 Å². The first kappa shape index (κ1) is 15.2. The molecule has 0 unspecified atom stereocenters. The van der Waals surface area contributed by atoms with Crippen molar-refractivity contribution in [3.8, 4) is 0 Å². The van der Waals surface area contributed by atoms with Gasteiger partial charge < -0.3 is 4.57 Å². The Morgan fingerprint density at radius 3 is 2.43 bits per heavy atom. The number of aromatic nitrogens is 2. The Hall–Kier alpha value is -0.730. The Balaban J connectivity index is 2.05. The second-order valence-corrected chi connectivity index (χ2v) is 7.97. The van der Waals surface area contributed by atoms with Crippen molar-refractivity contribution in [1.29, 1.82) is 0 Å². The van der Waals surface area contributed by atoms with E-state index < -0.39 is 0 Å². The summed E-state index contributed by atoms with van der Waals surface area (Å²) in [5.41, 5.74) is 2.75. The maximum atomic E-state index is 6.30. The second-order valence-electron chi connectivity index (χ2n) is 7.18. The smallest absolute Gasteiger partial charge is 0.111 e. The average molecular weight is 325 g/mol. The van der Waals surface area contributed by atoms with Gasteiger partial charge in [0.05, 0.1) is 10.5 Å². The number of aryl methyl sites for hydroxylation is 1. The van der Waals surface area contributed by atoms with Gasteiger partial charge in [-0.1, -0.05) is 45.4 Å². The first-order valence-electron chi connectivity index (χ1n) is 7.50. The van der Waals surface area contributed by atoms with E-state index in [0.717, 1.165) is 34.8 Å². The molecule has 1 fully saturated rings. The van der Waals surface area contributed by atoms with Crippen LogP contribution < -0.4 is 0 Å². The van der Waals surface area contributed by atoms with E-state index in [-0.39, 0.29) is 0 Å². The molecule has 1 aromatic carbocycles. The van der Waals surface area contributed by atoms with Crippen LogP contribution in [0.5, 0.6) is 0 Å². The fourth-order valence-corrected chi connectivity index (χ4v) is 3.99. The van der Waals surface area contributed by atoms with E-state index in [1.807, 2.05) is 12.1 Å². The molecule has 1 heterocycles. The van der Waals surface area contributed by atoms with Gasteiger partial charge >= 0.3 is 0 Å². The molecule has 1 aliphatic carbocycles. The fraction of sp³-hybridized carbons (Fsp3) is 0.588. The minimum Gasteiger partial charge on any atom is -0.328 e. The van der Waals surface area contributed by atoms with Crippen molar-refractivity contribution in [3.05, 3.63) is 29.0 Å². The molecule has 0 bridgehead atoms. The monoisotopic (exact) mass is 324 g/mol. The number of alkyl halides is 1. The van der Waals surface area contributed by atoms with Gasteiger partial charge in [0, 0.05) is 18.8 Å². The molecule has 4 heteroatoms. The van der Waals surface area contributed by atoms with Gasteiger partial charge in [-0.3, -0.25) is 0 Å². The zero-order valence-electron chi connectivity index (χ0n) is 13.1. The predicted octanol–water partition coefficient (Wildman–Crippen LogP) is 5.15. The topological polar surface area (TPSA) is 17.8 Å². The van der Waals surface area contributed by atoms with Crippen LogP contribution in [0.25, 0.3) is 11.0 Å². The molecule has 1 aliphatic rings. The van der Waals surface area contributed by atoms with Crippen molar-refractivity contribution in [2.75, 3.05) is 5.88 Å². The third kappa shape index (κ3) is 2.19. The van der Waals surface area contributed by atoms with Gasteiger partial charge in [0.25, 0.3) is 0 Å². The maximum absolute atomic E-state index is 6.30. The Labute approximate surface area is 136 Å². The van der Waals surface area contributed by atoms with Gasteiger partial charge in [-0.2, -0.15) is 0 Å². The molecule has 114 valence electrons. The van der Waals surface area contributed by atoms with Gasteiger partial charge in [-0.25, -0.2) is 4.98 Å². The molecule has 0 radical (unpaired) electrons. The summed E-state index contributed by atoms with van der Waals surface area (Å²) in [7, 11) is 0. The van der Waals surface area contributed by atoms with Crippen molar-refractivity contribution < 1.29 is 0 Å². The summed E-state index contributed by atoms with van der Waals surface area (Å²) >= 11 is 12.3. The summed E-state index contributed by atoms with van der Waals surface area (Å²) in [5.74, 6) is 2.28. The number of hydrogen-bond acceptors (Lipinski definition) is 1. The quantitative estimate of drug-likeness (QED) is 0.711. The summed E-state index contributed by atoms with van der Waals surface area (Å²) < 4.78 is 2.32. The van der Waals surface area contributed by atoms with Crippen molar-refractivity contribution in [2.24, 2.45) is 16.7 Å². The molecule has 0 spiro atoms. The summed E-state index contributed by atoms with van der Waals surface area (Å²) in [4.78, 5) is 4.72. The molecule has 0 amide bonds. The summed E-state index contributed by atoms with van der Waals surface area (Å²) in [5, 5.41) is 0.719. The van der Waals surface area contributed by atoms with Crippen LogP contribution in [0.1, 0.15) is 33.5 Å². The first-order chi connectivity index (χ1) is 9.80. The predicted molar refractivity (Wildman–Crippen MR) is 90.2 cm³/mol. The Kier molecular flexibility index (Phi) is 3.53. The highest BCUT2D eigenvalue weighted by Crippen LogP contribution is 2.69. The lowest BCUT2D eigenvalue weighted by Crippen LogP contribution is -2.09. The molecular formula is C17H22Cl2N2. The summed E-state index contributed by atoms with van der Waals surface area (Å²) in [6.07, 6.45) is 0.778. The lowest BCUT2D eigenvalue weighted by atomic mass is 10.0. The number of imidazole rings is 1. The Bertz CT molecular complexity index is 671. The van der Waals surface area contributed by atoms with Crippen molar-refractivity contribution in [1.82, 2.24) is 9.55 Å². The SMILES string of the molecule is CC1(C)C(Cn2c(CCCl)nc3c(Cl)cccc32)C1(C)C. The molecule has 0 N–H and O–H groups in total. The molecule has 21 heavy (non-hydrogen) atoms. The second kappa shape index (κ2) is 4.89. The minimum absolute atomic E-state index is 0.362. The van der Waals surface area contributed by atoms with E-state index >= 15 is 0 Å². The highest BCUT2D eigenvalue weighted by atomic mass is 35.5. The third-order valence-corrected chi connectivity index (χ3v) is 6.31. The normalized spacial score (nSPS) is 20.1. The number of halogens is 2. The van der Waals surface area contributed by atoms with Crippen LogP contribution in [0.2, 0.25) is 5.02 Å². The van der Waals surface area contributed by atoms with E-state index in [4.69, 9.17) is 28.2 Å². The van der Waals surface area contributed by atoms with E-state index in [9.17, 15) is 0 Å². The van der Waals surface area contributed by atoms with Gasteiger partial charge in [0.1, 0.15) is 11.3 Å². The number of para-hydroxylation sites is 1. The zero-order chi connectivity index (χ0) is 15.4. The molecule has 0 aliphatic heterocycles. The van der Waals surface area contributed by atoms with Crippen molar-refractivity contribution in [3.63, 3.8) is 0 Å². The van der Waals surface area contributed by atoms with Crippen LogP contribution in [-0.4, -0.2) is 15.4 Å². The number of fused-ring (bicyclic) bond motifs is 1. The summed E-state index contributed by atoms with van der Waals surface area (Å²) in [6.45, 7) is 10.4. The number of rotatable bonds is 4. The standard InChI is InChI=1S/C17H22Cl2N2/c1-16(2)13(17(16,3)4)10-21-12-7-5-6-11(19)15(12)20-14(21)8-9-18/h5-7,13H,8-10H2,1-4H3. The van der Waals surface area contributed by atoms with E-state index in [0.29, 0.717) is 22.6 Å². The Morgan fingerprint density at radius 2 is 1.86 bits per heavy atom. The van der Waals surface area contributed by atoms with Gasteiger partial charge in [0.2, 0.25) is 0 Å². The minimum atomic E-state index is 0.362. The molecule has 3 rings (SSSR count). The van der Waals surface area contributed by atoms with Crippen LogP contribution in [0.3, 0.4) is 0 Å². The number of hydrogen-bond donors (Lipinski definition) is 0. The third-order valence-electron chi connectivity index (χ3n) is 5.81. The van der Waals surface area contributed by atoms with E-state index in [2.05, 4.69) is 38.3 Å². The molecule has 1 aromatic heterocycles. The number of benzene rings is 1. The maximum Gasteiger partial charge on any atom is 0.111 e. The largest absolute Gasteiger partial charge is 0.328 e. The number of nitrogens with zero attached hydrogens (tertiary/aromatic N) is 2. The van der Waals surface area contributed by atoms with E-state index in [1.165, 1.54) is 0 Å². The zero-order valence-corrected chi connectivity index (χ0v) is 14.6. The van der Waals surface area contributed by atoms with Crippen LogP contribution in [0.15, 0.2) is 18.2 Å². The van der Waals surface area contributed by atoms with E-state index in [1.54, 1.807) is 0 Å². The van der Waals surface area contributed by atoms with Crippen LogP contribution in [0, 0.1) is 16.7 Å². The summed E-state index contributed by atoms with van der Waals surface area (Å²) in [6, 6.07) is 6.00. The first-order valence-corrected chi connectivity index (χ1v) is 8.41. The lowest BCUT2D eigenvalue weighted by molar-refractivity contribution is 0.457. The molecule has 2 aromatic rings. The van der Waals surface area contributed by atoms with Crippen molar-refractivity contribution >= 4 is 34.2 Å². The van der Waals surface area contributed by atoms with Crippen LogP contribution >= 0.6 is 23.2 Å². The molecular weight excluding hydrogens is 303 g/mol. The Morgan fingerprint density at radius 1 is 1.19 bits per heavy atom.